The Morgan fingerprint density at radius 1 is 1.19 bits per heavy atom. The third kappa shape index (κ3) is 4.31. The van der Waals surface area contributed by atoms with E-state index in [1.807, 2.05) is 0 Å². The Morgan fingerprint density at radius 3 is 2.58 bits per heavy atom. The van der Waals surface area contributed by atoms with E-state index < -0.39 is 27.4 Å². The summed E-state index contributed by atoms with van der Waals surface area (Å²) in [7, 11) is -0.504. The average Bonchev–Trinajstić information content (AvgIpc) is 3.54. The molecule has 1 aliphatic heterocycles. The molecular weight excluding hydrogens is 424 g/mol. The Hall–Kier alpha value is -2.85. The van der Waals surface area contributed by atoms with Crippen molar-refractivity contribution in [2.45, 2.75) is 23.8 Å². The minimum Gasteiger partial charge on any atom is -0.493 e. The van der Waals surface area contributed by atoms with E-state index in [1.54, 1.807) is 19.3 Å². The molecule has 1 aromatic carbocycles. The van der Waals surface area contributed by atoms with E-state index in [9.17, 15) is 18.0 Å². The number of methoxy groups -OCH3 is 1. The summed E-state index contributed by atoms with van der Waals surface area (Å²) in [6.45, 7) is 0.511. The number of ether oxygens (including phenoxy) is 3. The lowest BCUT2D eigenvalue weighted by molar-refractivity contribution is -0.125. The van der Waals surface area contributed by atoms with Crippen LogP contribution in [-0.4, -0.2) is 51.6 Å². The van der Waals surface area contributed by atoms with Crippen LogP contribution in [0.1, 0.15) is 12.8 Å². The van der Waals surface area contributed by atoms with Crippen molar-refractivity contribution in [1.82, 2.24) is 4.57 Å². The molecule has 0 radical (unpaired) electrons. The summed E-state index contributed by atoms with van der Waals surface area (Å²) in [6, 6.07) is 4.61. The fraction of sp³-hybridized carbons (Fsp3) is 0.429. The van der Waals surface area contributed by atoms with Crippen molar-refractivity contribution in [3.63, 3.8) is 0 Å². The van der Waals surface area contributed by atoms with Crippen LogP contribution in [0.5, 0.6) is 11.5 Å². The number of anilines is 1. The third-order valence-corrected chi connectivity index (χ3v) is 6.40. The molecule has 2 aliphatic rings. The maximum Gasteiger partial charge on any atom is 0.277 e. The summed E-state index contributed by atoms with van der Waals surface area (Å²) in [6.07, 6.45) is 3.92. The van der Waals surface area contributed by atoms with Crippen LogP contribution < -0.4 is 20.3 Å². The number of benzene rings is 1. The summed E-state index contributed by atoms with van der Waals surface area (Å²) < 4.78 is 42.6. The van der Waals surface area contributed by atoms with Gasteiger partial charge in [-0.05, 0) is 37.0 Å². The van der Waals surface area contributed by atoms with Crippen LogP contribution >= 0.6 is 0 Å². The van der Waals surface area contributed by atoms with E-state index in [4.69, 9.17) is 14.2 Å². The molecule has 2 aromatic rings. The number of hydrogen-bond donors (Lipinski definition) is 1. The molecule has 1 amide bonds. The first kappa shape index (κ1) is 21.4. The van der Waals surface area contributed by atoms with Gasteiger partial charge in [-0.25, -0.2) is 8.42 Å². The van der Waals surface area contributed by atoms with Crippen molar-refractivity contribution in [3.8, 4) is 22.6 Å². The maximum absolute atomic E-state index is 12.7. The minimum absolute atomic E-state index is 0.00439. The van der Waals surface area contributed by atoms with Gasteiger partial charge < -0.3 is 24.1 Å². The van der Waals surface area contributed by atoms with Gasteiger partial charge in [-0.2, -0.15) is 0 Å². The third-order valence-electron chi connectivity index (χ3n) is 5.29. The number of amides is 1. The van der Waals surface area contributed by atoms with Crippen molar-refractivity contribution in [2.75, 3.05) is 31.9 Å². The van der Waals surface area contributed by atoms with Gasteiger partial charge in [-0.3, -0.25) is 9.59 Å². The van der Waals surface area contributed by atoms with E-state index in [1.165, 1.54) is 23.8 Å². The molecule has 1 N–H and O–H groups in total. The highest BCUT2D eigenvalue weighted by Crippen LogP contribution is 2.43. The lowest BCUT2D eigenvalue weighted by Crippen LogP contribution is -2.43. The number of sulfone groups is 1. The van der Waals surface area contributed by atoms with Gasteiger partial charge in [0.25, 0.3) is 11.5 Å². The smallest absolute Gasteiger partial charge is 0.277 e. The first-order chi connectivity index (χ1) is 14.7. The van der Waals surface area contributed by atoms with Gasteiger partial charge in [-0.15, -0.1) is 0 Å². The summed E-state index contributed by atoms with van der Waals surface area (Å²) in [5.74, 6) is 0.632. The molecule has 0 saturated heterocycles. The van der Waals surface area contributed by atoms with Crippen molar-refractivity contribution >= 4 is 21.4 Å². The van der Waals surface area contributed by atoms with Gasteiger partial charge >= 0.3 is 0 Å². The molecule has 1 aliphatic carbocycles. The van der Waals surface area contributed by atoms with Crippen LogP contribution in [0.25, 0.3) is 11.1 Å². The van der Waals surface area contributed by atoms with Crippen molar-refractivity contribution in [1.29, 1.82) is 0 Å². The second-order valence-corrected chi connectivity index (χ2v) is 9.91. The average molecular weight is 448 g/mol. The number of nitrogens with one attached hydrogen (secondary N) is 1. The summed E-state index contributed by atoms with van der Waals surface area (Å²) in [5.41, 5.74) is 0.454. The Kier molecular flexibility index (Phi) is 5.52. The highest BCUT2D eigenvalue weighted by molar-refractivity contribution is 7.90. The topological polar surface area (TPSA) is 113 Å². The lowest BCUT2D eigenvalue weighted by Gasteiger charge is -2.27. The predicted octanol–water partition coefficient (Wildman–Crippen LogP) is 1.59. The summed E-state index contributed by atoms with van der Waals surface area (Å²) in [4.78, 5) is 25.1. The van der Waals surface area contributed by atoms with E-state index in [2.05, 4.69) is 5.32 Å². The minimum atomic E-state index is -3.49. The molecule has 9 nitrogen and oxygen atoms in total. The number of aromatic nitrogens is 1. The predicted molar refractivity (Wildman–Crippen MR) is 113 cm³/mol. The fourth-order valence-corrected chi connectivity index (χ4v) is 4.02. The van der Waals surface area contributed by atoms with Crippen molar-refractivity contribution < 1.29 is 27.4 Å². The van der Waals surface area contributed by atoms with Gasteiger partial charge in [0, 0.05) is 37.7 Å². The normalized spacial score (nSPS) is 18.2. The molecule has 0 bridgehead atoms. The SMILES string of the molecule is COCC1Oc2c(-c3cc(S(C)(=O)=O)ccc3OCC3CC3)cn(C)c(=O)c2NC1=O. The van der Waals surface area contributed by atoms with Gasteiger partial charge in [0.1, 0.15) is 5.75 Å². The lowest BCUT2D eigenvalue weighted by atomic mass is 10.0. The van der Waals surface area contributed by atoms with Crippen LogP contribution in [0, 0.1) is 5.92 Å². The Balaban J connectivity index is 1.90. The quantitative estimate of drug-likeness (QED) is 0.684. The van der Waals surface area contributed by atoms with Gasteiger partial charge in [0.15, 0.2) is 21.3 Å². The first-order valence-corrected chi connectivity index (χ1v) is 11.8. The number of aryl methyl sites for hydroxylation is 1. The van der Waals surface area contributed by atoms with Crippen LogP contribution in [0.3, 0.4) is 0 Å². The molecule has 10 heteroatoms. The van der Waals surface area contributed by atoms with Gasteiger partial charge in [-0.1, -0.05) is 0 Å². The zero-order chi connectivity index (χ0) is 22.3. The fourth-order valence-electron chi connectivity index (χ4n) is 3.37. The van der Waals surface area contributed by atoms with Crippen LogP contribution in [0.2, 0.25) is 0 Å². The Labute approximate surface area is 179 Å². The number of fused-ring (bicyclic) bond motifs is 1. The second-order valence-electron chi connectivity index (χ2n) is 7.90. The maximum atomic E-state index is 12.7. The molecule has 1 unspecified atom stereocenters. The number of carbonyl (C=O) groups excluding carboxylic acids is 1. The molecule has 4 rings (SSSR count). The second kappa shape index (κ2) is 8.01. The zero-order valence-electron chi connectivity index (χ0n) is 17.5. The molecule has 1 atom stereocenters. The summed E-state index contributed by atoms with van der Waals surface area (Å²) >= 11 is 0. The highest BCUT2D eigenvalue weighted by Gasteiger charge is 2.33. The van der Waals surface area contributed by atoms with Crippen LogP contribution in [0.15, 0.2) is 34.1 Å². The van der Waals surface area contributed by atoms with Crippen LogP contribution in [-0.2, 0) is 26.4 Å². The molecule has 1 saturated carbocycles. The van der Waals surface area contributed by atoms with E-state index in [0.29, 0.717) is 29.4 Å². The van der Waals surface area contributed by atoms with E-state index in [-0.39, 0.29) is 22.9 Å². The van der Waals surface area contributed by atoms with E-state index >= 15 is 0 Å². The number of nitrogens with zero attached hydrogens (tertiary/aromatic N) is 1. The molecule has 31 heavy (non-hydrogen) atoms. The Bertz CT molecular complexity index is 1200. The molecule has 0 spiro atoms. The van der Waals surface area contributed by atoms with Crippen LogP contribution in [0.4, 0.5) is 5.69 Å². The molecule has 1 fully saturated rings. The standard InChI is InChI=1S/C21H24N2O7S/c1-23-9-15(19-18(21(23)25)22-20(24)17(30-19)11-28-2)14-8-13(31(3,26)27)6-7-16(14)29-10-12-4-5-12/h6-9,12,17H,4-5,10-11H2,1-3H3,(H,22,24). The molecule has 2 heterocycles. The number of carbonyl (C=O) groups is 1. The number of hydrogen-bond acceptors (Lipinski definition) is 7. The number of pyridine rings is 1. The molecule has 166 valence electrons. The van der Waals surface area contributed by atoms with Gasteiger partial charge in [0.2, 0.25) is 6.10 Å². The molecule has 1 aromatic heterocycles. The largest absolute Gasteiger partial charge is 0.493 e. The molecular formula is C21H24N2O7S. The highest BCUT2D eigenvalue weighted by atomic mass is 32.2. The number of rotatable bonds is 7. The monoisotopic (exact) mass is 448 g/mol. The zero-order valence-corrected chi connectivity index (χ0v) is 18.3. The Morgan fingerprint density at radius 2 is 1.94 bits per heavy atom. The first-order valence-electron chi connectivity index (χ1n) is 9.86. The van der Waals surface area contributed by atoms with Crippen molar-refractivity contribution in [3.05, 3.63) is 34.7 Å². The van der Waals surface area contributed by atoms with Crippen molar-refractivity contribution in [2.24, 2.45) is 13.0 Å². The summed E-state index contributed by atoms with van der Waals surface area (Å²) in [5, 5.41) is 2.60. The van der Waals surface area contributed by atoms with E-state index in [0.717, 1.165) is 19.1 Å². The van der Waals surface area contributed by atoms with Gasteiger partial charge in [0.05, 0.1) is 18.1 Å².